The smallest absolute Gasteiger partial charge is 0.275 e. The molecule has 1 amide bonds. The van der Waals surface area contributed by atoms with Crippen molar-refractivity contribution in [2.45, 2.75) is 63.8 Å². The third-order valence-electron chi connectivity index (χ3n) is 5.67. The molecule has 7 heteroatoms. The lowest BCUT2D eigenvalue weighted by Crippen LogP contribution is -3.15. The Morgan fingerprint density at radius 3 is 2.29 bits per heavy atom. The van der Waals surface area contributed by atoms with E-state index < -0.39 is 10.0 Å². The van der Waals surface area contributed by atoms with Crippen LogP contribution in [0.3, 0.4) is 0 Å². The van der Waals surface area contributed by atoms with Crippen LogP contribution in [0, 0.1) is 0 Å². The lowest BCUT2D eigenvalue weighted by atomic mass is 9.99. The Morgan fingerprint density at radius 2 is 1.75 bits per heavy atom. The number of hydrogen-bond acceptors (Lipinski definition) is 3. The Morgan fingerprint density at radius 1 is 1.14 bits per heavy atom. The Hall–Kier alpha value is -1.44. The third-order valence-corrected chi connectivity index (χ3v) is 7.58. The molecule has 2 rings (SSSR count). The minimum absolute atomic E-state index is 0.0490. The number of nitrogens with zero attached hydrogens (tertiary/aromatic N) is 1. The highest BCUT2D eigenvalue weighted by Crippen LogP contribution is 2.22. The topological polar surface area (TPSA) is 70.9 Å². The van der Waals surface area contributed by atoms with Crippen molar-refractivity contribution >= 4 is 15.9 Å². The maximum atomic E-state index is 12.9. The van der Waals surface area contributed by atoms with Crippen LogP contribution in [0.4, 0.5) is 0 Å². The monoisotopic (exact) mass is 410 g/mol. The van der Waals surface area contributed by atoms with Crippen molar-refractivity contribution in [2.24, 2.45) is 0 Å². The molecule has 1 aromatic rings. The van der Waals surface area contributed by atoms with Crippen molar-refractivity contribution in [1.29, 1.82) is 0 Å². The Labute approximate surface area is 170 Å². The maximum absolute atomic E-state index is 12.9. The van der Waals surface area contributed by atoms with Gasteiger partial charge in [0, 0.05) is 6.04 Å². The van der Waals surface area contributed by atoms with Crippen LogP contribution >= 0.6 is 0 Å². The molecule has 0 bridgehead atoms. The van der Waals surface area contributed by atoms with Crippen LogP contribution < -0.4 is 10.2 Å². The molecule has 2 N–H and O–H groups in total. The molecule has 1 fully saturated rings. The Kier molecular flexibility index (Phi) is 8.46. The predicted molar refractivity (Wildman–Crippen MR) is 112 cm³/mol. The lowest BCUT2D eigenvalue weighted by molar-refractivity contribution is -0.895. The second-order valence-electron chi connectivity index (χ2n) is 7.97. The highest BCUT2D eigenvalue weighted by atomic mass is 32.2. The van der Waals surface area contributed by atoms with Crippen LogP contribution in [0.2, 0.25) is 0 Å². The van der Waals surface area contributed by atoms with Gasteiger partial charge >= 0.3 is 0 Å². The highest BCUT2D eigenvalue weighted by molar-refractivity contribution is 7.89. The number of piperazine rings is 1. The molecule has 0 radical (unpaired) electrons. The van der Waals surface area contributed by atoms with E-state index in [1.165, 1.54) is 5.56 Å². The number of nitrogens with one attached hydrogen (secondary N) is 2. The summed E-state index contributed by atoms with van der Waals surface area (Å²) in [7, 11) is -3.47. The number of benzene rings is 1. The van der Waals surface area contributed by atoms with Gasteiger partial charge in [-0.15, -0.1) is 0 Å². The number of hydrogen-bond donors (Lipinski definition) is 2. The van der Waals surface area contributed by atoms with E-state index in [0.29, 0.717) is 43.5 Å². The molecular formula is C21H36N3O3S+. The largest absolute Gasteiger partial charge is 0.349 e. The van der Waals surface area contributed by atoms with Gasteiger partial charge in [0.1, 0.15) is 0 Å². The standard InChI is InChI=1S/C21H35N3O3S/c1-5-7-18(4)22-21(25)16-23-12-14-24(15-13-23)28(26,27)20-10-8-19(9-11-20)17(3)6-2/h8-11,17-18H,5-7,12-16H2,1-4H3,(H,22,25)/p+1/t17-,18-/m1/s1. The van der Waals surface area contributed by atoms with E-state index in [1.807, 2.05) is 19.1 Å². The van der Waals surface area contributed by atoms with Crippen molar-refractivity contribution in [3.8, 4) is 0 Å². The number of amides is 1. The van der Waals surface area contributed by atoms with Crippen LogP contribution in [0.5, 0.6) is 0 Å². The van der Waals surface area contributed by atoms with Crippen molar-refractivity contribution in [1.82, 2.24) is 9.62 Å². The summed E-state index contributed by atoms with van der Waals surface area (Å²) >= 11 is 0. The summed E-state index contributed by atoms with van der Waals surface area (Å²) in [5.74, 6) is 0.475. The zero-order valence-electron chi connectivity index (χ0n) is 17.7. The first-order valence-electron chi connectivity index (χ1n) is 10.5. The fourth-order valence-corrected chi connectivity index (χ4v) is 5.07. The Bertz CT molecular complexity index is 726. The normalized spacial score (nSPS) is 18.6. The maximum Gasteiger partial charge on any atom is 0.275 e. The molecule has 0 saturated carbocycles. The van der Waals surface area contributed by atoms with E-state index in [-0.39, 0.29) is 11.9 Å². The molecule has 2 atom stereocenters. The van der Waals surface area contributed by atoms with Crippen molar-refractivity contribution < 1.29 is 18.1 Å². The molecule has 28 heavy (non-hydrogen) atoms. The van der Waals surface area contributed by atoms with Gasteiger partial charge in [0.15, 0.2) is 6.54 Å². The number of sulfonamides is 1. The van der Waals surface area contributed by atoms with Gasteiger partial charge in [0.05, 0.1) is 31.1 Å². The number of quaternary nitrogens is 1. The van der Waals surface area contributed by atoms with E-state index in [9.17, 15) is 13.2 Å². The number of carbonyl (C=O) groups is 1. The lowest BCUT2D eigenvalue weighted by Gasteiger charge is -2.31. The van der Waals surface area contributed by atoms with E-state index >= 15 is 0 Å². The minimum Gasteiger partial charge on any atom is -0.349 e. The van der Waals surface area contributed by atoms with E-state index in [4.69, 9.17) is 0 Å². The van der Waals surface area contributed by atoms with Gasteiger partial charge in [0.25, 0.3) is 5.91 Å². The van der Waals surface area contributed by atoms with E-state index in [1.54, 1.807) is 16.4 Å². The molecule has 1 aromatic carbocycles. The Balaban J connectivity index is 1.90. The average Bonchev–Trinajstić information content (AvgIpc) is 2.68. The summed E-state index contributed by atoms with van der Waals surface area (Å²) in [6, 6.07) is 7.48. The molecule has 1 aliphatic rings. The van der Waals surface area contributed by atoms with Gasteiger partial charge in [0.2, 0.25) is 10.0 Å². The zero-order chi connectivity index (χ0) is 20.7. The summed E-state index contributed by atoms with van der Waals surface area (Å²) in [6.07, 6.45) is 3.05. The SMILES string of the molecule is CCC[C@@H](C)NC(=O)C[NH+]1CCN(S(=O)(=O)c2ccc([C@H](C)CC)cc2)CC1. The van der Waals surface area contributed by atoms with Crippen LogP contribution in [0.1, 0.15) is 58.4 Å². The van der Waals surface area contributed by atoms with Crippen molar-refractivity contribution in [2.75, 3.05) is 32.7 Å². The minimum atomic E-state index is -3.47. The van der Waals surface area contributed by atoms with Gasteiger partial charge in [-0.05, 0) is 43.4 Å². The summed E-state index contributed by atoms with van der Waals surface area (Å²) in [6.45, 7) is 11.0. The second-order valence-corrected chi connectivity index (χ2v) is 9.90. The van der Waals surface area contributed by atoms with Gasteiger partial charge in [-0.3, -0.25) is 4.79 Å². The van der Waals surface area contributed by atoms with Gasteiger partial charge in [-0.25, -0.2) is 8.42 Å². The molecule has 158 valence electrons. The van der Waals surface area contributed by atoms with Crippen LogP contribution in [0.25, 0.3) is 0 Å². The average molecular weight is 411 g/mol. The zero-order valence-corrected chi connectivity index (χ0v) is 18.5. The van der Waals surface area contributed by atoms with Crippen LogP contribution in [0.15, 0.2) is 29.2 Å². The van der Waals surface area contributed by atoms with Crippen molar-refractivity contribution in [3.05, 3.63) is 29.8 Å². The molecule has 1 heterocycles. The number of carbonyl (C=O) groups excluding carboxylic acids is 1. The molecular weight excluding hydrogens is 374 g/mol. The molecule has 1 aliphatic heterocycles. The molecule has 1 saturated heterocycles. The van der Waals surface area contributed by atoms with E-state index in [0.717, 1.165) is 24.2 Å². The molecule has 6 nitrogen and oxygen atoms in total. The molecule has 0 spiro atoms. The van der Waals surface area contributed by atoms with Crippen LogP contribution in [-0.4, -0.2) is 57.4 Å². The second kappa shape index (κ2) is 10.4. The van der Waals surface area contributed by atoms with Gasteiger partial charge < -0.3 is 10.2 Å². The van der Waals surface area contributed by atoms with Gasteiger partial charge in [-0.1, -0.05) is 39.3 Å². The van der Waals surface area contributed by atoms with Gasteiger partial charge in [-0.2, -0.15) is 4.31 Å². The van der Waals surface area contributed by atoms with Crippen LogP contribution in [-0.2, 0) is 14.8 Å². The third kappa shape index (κ3) is 6.03. The molecule has 0 aromatic heterocycles. The predicted octanol–water partition coefficient (Wildman–Crippen LogP) is 1.39. The first-order chi connectivity index (χ1) is 13.3. The molecule has 0 aliphatic carbocycles. The first kappa shape index (κ1) is 22.8. The van der Waals surface area contributed by atoms with Crippen molar-refractivity contribution in [3.63, 3.8) is 0 Å². The molecule has 0 unspecified atom stereocenters. The fourth-order valence-electron chi connectivity index (χ4n) is 3.63. The fraction of sp³-hybridized carbons (Fsp3) is 0.667. The summed E-state index contributed by atoms with van der Waals surface area (Å²) in [4.78, 5) is 13.6. The first-order valence-corrected chi connectivity index (χ1v) is 11.9. The summed E-state index contributed by atoms with van der Waals surface area (Å²) in [5.41, 5.74) is 1.17. The summed E-state index contributed by atoms with van der Waals surface area (Å²) in [5, 5.41) is 3.02. The summed E-state index contributed by atoms with van der Waals surface area (Å²) < 4.78 is 27.4. The van der Waals surface area contributed by atoms with E-state index in [2.05, 4.69) is 26.1 Å². The quantitative estimate of drug-likeness (QED) is 0.646. The highest BCUT2D eigenvalue weighted by Gasteiger charge is 2.31. The number of rotatable bonds is 9.